The molecule has 0 amide bonds. The molecule has 3 aromatic carbocycles. The Morgan fingerprint density at radius 2 is 1.70 bits per heavy atom. The topological polar surface area (TPSA) is 61.5 Å². The van der Waals surface area contributed by atoms with Gasteiger partial charge < -0.3 is 14.0 Å². The fraction of sp³-hybridized carbons (Fsp3) is 0.326. The minimum atomic E-state index is -0.245. The summed E-state index contributed by atoms with van der Waals surface area (Å²) in [6.07, 6.45) is 3.75. The normalized spacial score (nSPS) is 16.1. The van der Waals surface area contributed by atoms with Gasteiger partial charge in [0, 0.05) is 34.7 Å². The van der Waals surface area contributed by atoms with Crippen molar-refractivity contribution in [1.82, 2.24) is 14.5 Å². The Hall–Kier alpha value is -4.28. The fourth-order valence-corrected chi connectivity index (χ4v) is 8.19. The summed E-state index contributed by atoms with van der Waals surface area (Å²) in [6, 6.07) is 28.4. The SMILES string of the molecule is Cc1cnc2c(c1)c1cccc3c1n2-c1[c-]c(Oc2[c-]c(C4=N[C@H](C(C(C)C)C(C)C)CO4)cc(-c4ccccn4)c2)c(C)cc1C3(C)C.[Pt+2]. The number of rotatable bonds is 7. The number of aryl methyl sites for hydroxylation is 2. The van der Waals surface area contributed by atoms with Crippen LogP contribution < -0.4 is 4.74 Å². The molecule has 0 spiro atoms. The van der Waals surface area contributed by atoms with Gasteiger partial charge in [0.15, 0.2) is 0 Å². The van der Waals surface area contributed by atoms with Gasteiger partial charge >= 0.3 is 21.1 Å². The number of pyridine rings is 2. The van der Waals surface area contributed by atoms with Crippen LogP contribution in [0, 0.1) is 43.7 Å². The molecule has 3 aromatic heterocycles. The molecule has 6 aromatic rings. The maximum absolute atomic E-state index is 6.76. The zero-order valence-corrected chi connectivity index (χ0v) is 32.1. The predicted molar refractivity (Wildman–Crippen MR) is 197 cm³/mol. The van der Waals surface area contributed by atoms with Crippen molar-refractivity contribution in [3.8, 4) is 28.4 Å². The molecule has 2 aliphatic heterocycles. The second kappa shape index (κ2) is 12.8. The van der Waals surface area contributed by atoms with Crippen LogP contribution in [-0.4, -0.2) is 33.1 Å². The molecule has 8 rings (SSSR count). The van der Waals surface area contributed by atoms with Crippen LogP contribution in [0.5, 0.6) is 11.5 Å². The molecule has 0 saturated heterocycles. The van der Waals surface area contributed by atoms with E-state index in [1.807, 2.05) is 30.5 Å². The minimum Gasteiger partial charge on any atom is -0.518 e. The predicted octanol–water partition coefficient (Wildman–Crippen LogP) is 9.96. The third-order valence-electron chi connectivity index (χ3n) is 10.4. The van der Waals surface area contributed by atoms with E-state index in [9.17, 15) is 0 Å². The van der Waals surface area contributed by atoms with Gasteiger partial charge in [0.25, 0.3) is 0 Å². The maximum Gasteiger partial charge on any atom is 2.00 e. The van der Waals surface area contributed by atoms with Gasteiger partial charge in [-0.15, -0.1) is 23.3 Å². The Morgan fingerprint density at radius 1 is 0.900 bits per heavy atom. The van der Waals surface area contributed by atoms with E-state index in [0.717, 1.165) is 44.7 Å². The molecule has 2 aliphatic rings. The Bertz CT molecular complexity index is 2280. The second-order valence-electron chi connectivity index (χ2n) is 14.9. The molecule has 50 heavy (non-hydrogen) atoms. The zero-order valence-electron chi connectivity index (χ0n) is 29.9. The molecule has 0 bridgehead atoms. The number of benzene rings is 3. The maximum atomic E-state index is 6.76. The van der Waals surface area contributed by atoms with Crippen molar-refractivity contribution >= 4 is 27.8 Å². The molecule has 6 nitrogen and oxygen atoms in total. The molecular formula is C43H42N4O2Pt. The van der Waals surface area contributed by atoms with Crippen LogP contribution in [-0.2, 0) is 31.2 Å². The van der Waals surface area contributed by atoms with Gasteiger partial charge in [-0.3, -0.25) is 9.98 Å². The molecule has 0 saturated carbocycles. The standard InChI is InChI=1S/C43H42N4O2.Pt/c1-24(2)39(25(3)4)36-23-48-42(46-36)29-18-28(35-14-9-10-15-44-35)19-30(20-29)49-38-21-37-34(17-27(38)6)43(7,8)33-13-11-12-31-32-16-26(5)22-45-41(32)47(37)40(31)33;/h9-19,22,24-25,36,39H,23H2,1-8H3;/q-2;+2/t36-;/m0./s1. The zero-order chi connectivity index (χ0) is 34.2. The number of hydrogen-bond acceptors (Lipinski definition) is 5. The molecule has 5 heterocycles. The molecule has 1 atom stereocenters. The molecule has 7 heteroatoms. The first-order valence-corrected chi connectivity index (χ1v) is 17.4. The monoisotopic (exact) mass is 841 g/mol. The molecule has 0 N–H and O–H groups in total. The van der Waals surface area contributed by atoms with E-state index in [1.54, 1.807) is 6.20 Å². The second-order valence-corrected chi connectivity index (χ2v) is 14.9. The van der Waals surface area contributed by atoms with E-state index >= 15 is 0 Å². The van der Waals surface area contributed by atoms with Gasteiger partial charge in [0.05, 0.1) is 23.9 Å². The summed E-state index contributed by atoms with van der Waals surface area (Å²) in [4.78, 5) is 14.7. The van der Waals surface area contributed by atoms with E-state index in [1.165, 1.54) is 22.0 Å². The average molecular weight is 842 g/mol. The number of nitrogens with zero attached hydrogens (tertiary/aromatic N) is 4. The molecule has 0 radical (unpaired) electrons. The Morgan fingerprint density at radius 3 is 2.44 bits per heavy atom. The van der Waals surface area contributed by atoms with Crippen molar-refractivity contribution in [3.05, 3.63) is 113 Å². The van der Waals surface area contributed by atoms with Crippen molar-refractivity contribution in [2.75, 3.05) is 6.61 Å². The van der Waals surface area contributed by atoms with Gasteiger partial charge in [-0.05, 0) is 59.4 Å². The molecule has 0 fully saturated rings. The number of aliphatic imine (C=N–C) groups is 1. The van der Waals surface area contributed by atoms with Gasteiger partial charge in [0.2, 0.25) is 0 Å². The summed E-state index contributed by atoms with van der Waals surface area (Å²) in [5.74, 6) is 3.22. The number of hydrogen-bond donors (Lipinski definition) is 0. The summed E-state index contributed by atoms with van der Waals surface area (Å²) < 4.78 is 15.3. The van der Waals surface area contributed by atoms with Gasteiger partial charge in [0.1, 0.15) is 11.5 Å². The Labute approximate surface area is 309 Å². The van der Waals surface area contributed by atoms with E-state index in [-0.39, 0.29) is 32.5 Å². The smallest absolute Gasteiger partial charge is 0.518 e. The van der Waals surface area contributed by atoms with Gasteiger partial charge in [-0.1, -0.05) is 102 Å². The van der Waals surface area contributed by atoms with E-state index in [4.69, 9.17) is 19.5 Å². The fourth-order valence-electron chi connectivity index (χ4n) is 8.19. The summed E-state index contributed by atoms with van der Waals surface area (Å²) in [5.41, 5.74) is 9.92. The molecule has 256 valence electrons. The first-order valence-electron chi connectivity index (χ1n) is 17.4. The average Bonchev–Trinajstić information content (AvgIpc) is 3.68. The first-order chi connectivity index (χ1) is 23.5. The number of ether oxygens (including phenoxy) is 2. The van der Waals surface area contributed by atoms with Crippen LogP contribution in [0.4, 0.5) is 0 Å². The van der Waals surface area contributed by atoms with Gasteiger partial charge in [-0.2, -0.15) is 6.07 Å². The van der Waals surface area contributed by atoms with E-state index in [2.05, 4.69) is 113 Å². The van der Waals surface area contributed by atoms with Gasteiger partial charge in [-0.25, -0.2) is 4.98 Å². The Balaban J connectivity index is 0.00000392. The summed E-state index contributed by atoms with van der Waals surface area (Å²) in [5, 5.41) is 2.35. The third-order valence-corrected chi connectivity index (χ3v) is 10.4. The Kier molecular flexibility index (Phi) is 8.75. The summed E-state index contributed by atoms with van der Waals surface area (Å²) >= 11 is 0. The van der Waals surface area contributed by atoms with Crippen LogP contribution >= 0.6 is 0 Å². The molecular weight excluding hydrogens is 800 g/mol. The van der Waals surface area contributed by atoms with Crippen LogP contribution in [0.1, 0.15) is 69.4 Å². The molecule has 0 unspecified atom stereocenters. The number of para-hydroxylation sites is 1. The quantitative estimate of drug-likeness (QED) is 0.150. The van der Waals surface area contributed by atoms with Crippen molar-refractivity contribution in [2.24, 2.45) is 22.7 Å². The summed E-state index contributed by atoms with van der Waals surface area (Å²) in [6.45, 7) is 18.4. The third kappa shape index (κ3) is 5.57. The number of aromatic nitrogens is 3. The van der Waals surface area contributed by atoms with Crippen molar-refractivity contribution in [2.45, 2.75) is 66.8 Å². The summed E-state index contributed by atoms with van der Waals surface area (Å²) in [7, 11) is 0. The van der Waals surface area contributed by atoms with Crippen molar-refractivity contribution < 1.29 is 30.5 Å². The van der Waals surface area contributed by atoms with Crippen LogP contribution in [0.3, 0.4) is 0 Å². The van der Waals surface area contributed by atoms with Crippen molar-refractivity contribution in [3.63, 3.8) is 0 Å². The number of fused-ring (bicyclic) bond motifs is 5. The van der Waals surface area contributed by atoms with E-state index in [0.29, 0.717) is 41.8 Å². The first kappa shape index (κ1) is 34.2. The van der Waals surface area contributed by atoms with Crippen molar-refractivity contribution in [1.29, 1.82) is 0 Å². The van der Waals surface area contributed by atoms with Crippen LogP contribution in [0.2, 0.25) is 0 Å². The molecule has 0 aliphatic carbocycles. The largest absolute Gasteiger partial charge is 2.00 e. The minimum absolute atomic E-state index is 0. The van der Waals surface area contributed by atoms with Crippen LogP contribution in [0.15, 0.2) is 78.0 Å². The van der Waals surface area contributed by atoms with Crippen LogP contribution in [0.25, 0.3) is 38.9 Å². The van der Waals surface area contributed by atoms with E-state index < -0.39 is 0 Å².